The molecule has 0 heterocycles. The fourth-order valence-corrected chi connectivity index (χ4v) is 9.98. The number of phosphoric ester groups is 1. The molecule has 0 aromatic rings. The summed E-state index contributed by atoms with van der Waals surface area (Å²) in [6, 6.07) is -0.861. The van der Waals surface area contributed by atoms with E-state index in [9.17, 15) is 19.4 Å². The third kappa shape index (κ3) is 57.9. The molecule has 0 aliphatic carbocycles. The van der Waals surface area contributed by atoms with Crippen LogP contribution in [0.25, 0.3) is 0 Å². The Labute approximate surface area is 460 Å². The standard InChI is InChI=1S/C65H123N2O6P/c1-6-8-10-12-14-16-18-19-20-21-22-23-24-25-26-27-28-29-30-31-32-33-34-35-36-37-38-39-40-41-42-43-44-45-46-47-49-51-53-55-57-59-65(69)66-63(62-73-74(70,71)72-61-60-67(3,4)5)64(68)58-56-54-52-50-48-17-15-13-11-9-7-2/h18-19,21-22,24-25,48,50,56,58,63-64,68H,6-17,20,23,26-47,49,51-55,57,59-62H2,1-5H3,(H-,66,69,70,71)/p+1/b19-18-,22-21-,25-24-,50-48+,58-56+. The Hall–Kier alpha value is -1.80. The van der Waals surface area contributed by atoms with Crippen LogP contribution in [-0.4, -0.2) is 73.4 Å². The van der Waals surface area contributed by atoms with Crippen LogP contribution in [0.1, 0.15) is 296 Å². The second-order valence-electron chi connectivity index (χ2n) is 22.8. The quantitative estimate of drug-likeness (QED) is 0.0243. The molecule has 3 N–H and O–H groups in total. The van der Waals surface area contributed by atoms with Crippen molar-refractivity contribution in [2.45, 2.75) is 309 Å². The Morgan fingerprint density at radius 3 is 1.18 bits per heavy atom. The number of hydrogen-bond donors (Lipinski definition) is 3. The van der Waals surface area contributed by atoms with Gasteiger partial charge in [0.2, 0.25) is 5.91 Å². The van der Waals surface area contributed by atoms with Crippen molar-refractivity contribution in [1.82, 2.24) is 5.32 Å². The predicted molar refractivity (Wildman–Crippen MR) is 323 cm³/mol. The average molecular weight is 1060 g/mol. The second kappa shape index (κ2) is 55.9. The maximum absolute atomic E-state index is 12.9. The summed E-state index contributed by atoms with van der Waals surface area (Å²) >= 11 is 0. The number of carbonyl (C=O) groups excluding carboxylic acids is 1. The molecular formula is C65H124N2O6P+. The topological polar surface area (TPSA) is 105 Å². The van der Waals surface area contributed by atoms with Crippen molar-refractivity contribution in [1.29, 1.82) is 0 Å². The van der Waals surface area contributed by atoms with Gasteiger partial charge in [0, 0.05) is 6.42 Å². The van der Waals surface area contributed by atoms with Crippen LogP contribution in [0.15, 0.2) is 60.8 Å². The number of nitrogens with zero attached hydrogens (tertiary/aromatic N) is 1. The molecule has 0 bridgehead atoms. The summed E-state index contributed by atoms with van der Waals surface area (Å²) < 4.78 is 23.6. The lowest BCUT2D eigenvalue weighted by molar-refractivity contribution is -0.870. The number of nitrogens with one attached hydrogen (secondary N) is 1. The molecule has 1 amide bonds. The van der Waals surface area contributed by atoms with E-state index in [4.69, 9.17) is 9.05 Å². The monoisotopic (exact) mass is 1060 g/mol. The van der Waals surface area contributed by atoms with Gasteiger partial charge in [-0.05, 0) is 70.6 Å². The molecule has 3 unspecified atom stereocenters. The van der Waals surface area contributed by atoms with Crippen LogP contribution in [0, 0.1) is 0 Å². The lowest BCUT2D eigenvalue weighted by Gasteiger charge is -2.25. The highest BCUT2D eigenvalue weighted by Gasteiger charge is 2.27. The molecule has 0 radical (unpaired) electrons. The molecule has 0 spiro atoms. The summed E-state index contributed by atoms with van der Waals surface area (Å²) in [5.74, 6) is -0.185. The molecule has 0 aliphatic rings. The van der Waals surface area contributed by atoms with Crippen molar-refractivity contribution in [3.63, 3.8) is 0 Å². The van der Waals surface area contributed by atoms with Gasteiger partial charge in [0.25, 0.3) is 0 Å². The van der Waals surface area contributed by atoms with Gasteiger partial charge in [-0.3, -0.25) is 13.8 Å². The summed E-state index contributed by atoms with van der Waals surface area (Å²) in [4.78, 5) is 23.2. The fourth-order valence-electron chi connectivity index (χ4n) is 9.24. The number of carbonyl (C=O) groups is 1. The van der Waals surface area contributed by atoms with E-state index >= 15 is 0 Å². The predicted octanol–water partition coefficient (Wildman–Crippen LogP) is 19.7. The van der Waals surface area contributed by atoms with Crippen LogP contribution in [0.5, 0.6) is 0 Å². The van der Waals surface area contributed by atoms with E-state index in [2.05, 4.69) is 67.8 Å². The normalized spacial score (nSPS) is 14.2. The Kier molecular flexibility index (Phi) is 54.6. The lowest BCUT2D eigenvalue weighted by Crippen LogP contribution is -2.45. The zero-order valence-electron chi connectivity index (χ0n) is 49.6. The number of aliphatic hydroxyl groups excluding tert-OH is 1. The molecule has 0 aliphatic heterocycles. The van der Waals surface area contributed by atoms with Gasteiger partial charge in [-0.2, -0.15) is 0 Å². The molecule has 0 rings (SSSR count). The van der Waals surface area contributed by atoms with Gasteiger partial charge in [-0.25, -0.2) is 4.57 Å². The summed E-state index contributed by atoms with van der Waals surface area (Å²) in [6.45, 7) is 4.77. The Morgan fingerprint density at radius 2 is 0.784 bits per heavy atom. The van der Waals surface area contributed by atoms with E-state index in [1.54, 1.807) is 6.08 Å². The number of rotatable bonds is 58. The van der Waals surface area contributed by atoms with E-state index in [1.165, 1.54) is 225 Å². The van der Waals surface area contributed by atoms with Crippen LogP contribution in [0.3, 0.4) is 0 Å². The number of hydrogen-bond acceptors (Lipinski definition) is 5. The number of quaternary nitrogens is 1. The molecule has 0 fully saturated rings. The molecule has 3 atom stereocenters. The second-order valence-corrected chi connectivity index (χ2v) is 24.2. The molecule has 0 aromatic carbocycles. The molecule has 0 saturated heterocycles. The van der Waals surface area contributed by atoms with Crippen molar-refractivity contribution >= 4 is 13.7 Å². The Bertz CT molecular complexity index is 1390. The van der Waals surface area contributed by atoms with Crippen LogP contribution in [0.2, 0.25) is 0 Å². The number of allylic oxidation sites excluding steroid dienone is 9. The summed E-state index contributed by atoms with van der Waals surface area (Å²) in [7, 11) is 1.56. The van der Waals surface area contributed by atoms with Crippen LogP contribution < -0.4 is 5.32 Å². The zero-order valence-corrected chi connectivity index (χ0v) is 50.5. The Balaban J connectivity index is 3.82. The van der Waals surface area contributed by atoms with Crippen molar-refractivity contribution in [3.8, 4) is 0 Å². The number of likely N-dealkylation sites (N-methyl/N-ethyl adjacent to an activating group) is 1. The van der Waals surface area contributed by atoms with Crippen LogP contribution in [-0.2, 0) is 18.4 Å². The average Bonchev–Trinajstić information content (AvgIpc) is 3.36. The van der Waals surface area contributed by atoms with Gasteiger partial charge in [0.1, 0.15) is 13.2 Å². The third-order valence-electron chi connectivity index (χ3n) is 14.2. The smallest absolute Gasteiger partial charge is 0.387 e. The van der Waals surface area contributed by atoms with Crippen molar-refractivity contribution in [3.05, 3.63) is 60.8 Å². The maximum Gasteiger partial charge on any atom is 0.472 e. The first kappa shape index (κ1) is 72.2. The van der Waals surface area contributed by atoms with E-state index in [0.717, 1.165) is 51.4 Å². The molecule has 8 nitrogen and oxygen atoms in total. The van der Waals surface area contributed by atoms with Crippen LogP contribution >= 0.6 is 7.82 Å². The maximum atomic E-state index is 12.9. The number of amides is 1. The molecule has 0 saturated carbocycles. The molecule has 0 aromatic heterocycles. The summed E-state index contributed by atoms with van der Waals surface area (Å²) in [6.07, 6.45) is 76.7. The van der Waals surface area contributed by atoms with E-state index in [1.807, 2.05) is 27.2 Å². The van der Waals surface area contributed by atoms with E-state index in [0.29, 0.717) is 17.4 Å². The fraction of sp³-hybridized carbons (Fsp3) is 0.831. The first-order valence-corrected chi connectivity index (χ1v) is 33.2. The highest BCUT2D eigenvalue weighted by atomic mass is 31.2. The first-order chi connectivity index (χ1) is 36.0. The summed E-state index contributed by atoms with van der Waals surface area (Å²) in [5, 5.41) is 13.8. The number of aliphatic hydroxyl groups is 1. The lowest BCUT2D eigenvalue weighted by atomic mass is 10.0. The van der Waals surface area contributed by atoms with Gasteiger partial charge in [-0.1, -0.05) is 280 Å². The SMILES string of the molecule is CCCCCCC/C=C\C/C=C\C/C=C\CCCCCCCCCCCCCCCCCCCCCCCCCCCCC(=O)NC(COP(=O)(O)OCC[N+](C)(C)C)C(O)/C=C/CC/C=C/CCCCCCC. The summed E-state index contributed by atoms with van der Waals surface area (Å²) in [5.41, 5.74) is 0. The van der Waals surface area contributed by atoms with Gasteiger partial charge < -0.3 is 19.8 Å². The first-order valence-electron chi connectivity index (χ1n) is 31.7. The largest absolute Gasteiger partial charge is 0.472 e. The van der Waals surface area contributed by atoms with Crippen molar-refractivity contribution < 1.29 is 32.9 Å². The molecule has 9 heteroatoms. The molecule has 74 heavy (non-hydrogen) atoms. The van der Waals surface area contributed by atoms with Crippen LogP contribution in [0.4, 0.5) is 0 Å². The highest BCUT2D eigenvalue weighted by Crippen LogP contribution is 2.43. The van der Waals surface area contributed by atoms with Crippen molar-refractivity contribution in [2.24, 2.45) is 0 Å². The number of unbranched alkanes of at least 4 members (excludes halogenated alkanes) is 37. The van der Waals surface area contributed by atoms with Gasteiger partial charge in [0.05, 0.1) is 39.9 Å². The highest BCUT2D eigenvalue weighted by molar-refractivity contribution is 7.47. The minimum absolute atomic E-state index is 0.0565. The zero-order chi connectivity index (χ0) is 54.2. The third-order valence-corrected chi connectivity index (χ3v) is 15.2. The minimum atomic E-state index is -4.35. The van der Waals surface area contributed by atoms with Crippen molar-refractivity contribution in [2.75, 3.05) is 40.9 Å². The van der Waals surface area contributed by atoms with E-state index < -0.39 is 20.0 Å². The molecule has 434 valence electrons. The van der Waals surface area contributed by atoms with Gasteiger partial charge in [0.15, 0.2) is 0 Å². The number of phosphoric acid groups is 1. The Morgan fingerprint density at radius 1 is 0.459 bits per heavy atom. The minimum Gasteiger partial charge on any atom is -0.387 e. The van der Waals surface area contributed by atoms with Gasteiger partial charge >= 0.3 is 7.82 Å². The molecular weight excluding hydrogens is 936 g/mol. The van der Waals surface area contributed by atoms with E-state index in [-0.39, 0.29) is 19.1 Å². The van der Waals surface area contributed by atoms with Gasteiger partial charge in [-0.15, -0.1) is 0 Å².